The number of hydrogen-bond acceptors (Lipinski definition) is 5. The van der Waals surface area contributed by atoms with Crippen molar-refractivity contribution >= 4 is 52.1 Å². The third-order valence-corrected chi connectivity index (χ3v) is 3.38. The van der Waals surface area contributed by atoms with Crippen LogP contribution in [0.15, 0.2) is 30.6 Å². The van der Waals surface area contributed by atoms with Crippen molar-refractivity contribution in [3.8, 4) is 5.88 Å². The van der Waals surface area contributed by atoms with Crippen LogP contribution >= 0.6 is 35.4 Å². The maximum atomic E-state index is 11.9. The molecule has 0 spiro atoms. The van der Waals surface area contributed by atoms with Gasteiger partial charge in [-0.15, -0.1) is 0 Å². The first-order valence-electron chi connectivity index (χ1n) is 6.18. The van der Waals surface area contributed by atoms with Crippen molar-refractivity contribution in [3.63, 3.8) is 0 Å². The molecule has 1 aromatic heterocycles. The fraction of sp³-hybridized carbons (Fsp3) is 0.0769. The Morgan fingerprint density at radius 2 is 1.91 bits per heavy atom. The van der Waals surface area contributed by atoms with Gasteiger partial charge in [0.1, 0.15) is 0 Å². The van der Waals surface area contributed by atoms with Crippen LogP contribution in [0.5, 0.6) is 5.88 Å². The summed E-state index contributed by atoms with van der Waals surface area (Å²) in [6.07, 6.45) is 2.68. The summed E-state index contributed by atoms with van der Waals surface area (Å²) in [5.41, 5.74) is 5.39. The molecule has 0 bridgehead atoms. The predicted molar refractivity (Wildman–Crippen MR) is 91.9 cm³/mol. The minimum Gasteiger partial charge on any atom is -0.480 e. The standard InChI is InChI=1S/C13H11Cl2N5O2S/c1-22-10-6-16-5-9(17-10)12(21)19-20-13(23)18-11-7(14)3-2-4-8(11)15/h2-6H,1H3,(H,19,21)(H2,18,20,23). The monoisotopic (exact) mass is 371 g/mol. The maximum Gasteiger partial charge on any atom is 0.290 e. The SMILES string of the molecule is COc1cncc(C(=O)NNC(=S)Nc2c(Cl)cccc2Cl)n1. The lowest BCUT2D eigenvalue weighted by atomic mass is 10.3. The highest BCUT2D eigenvalue weighted by atomic mass is 35.5. The van der Waals surface area contributed by atoms with E-state index >= 15 is 0 Å². The molecule has 0 aliphatic rings. The largest absolute Gasteiger partial charge is 0.480 e. The normalized spacial score (nSPS) is 9.87. The lowest BCUT2D eigenvalue weighted by molar-refractivity contribution is 0.0938. The van der Waals surface area contributed by atoms with Gasteiger partial charge in [-0.2, -0.15) is 0 Å². The molecule has 3 N–H and O–H groups in total. The first-order valence-corrected chi connectivity index (χ1v) is 7.35. The van der Waals surface area contributed by atoms with Crippen LogP contribution in [0.2, 0.25) is 10.0 Å². The summed E-state index contributed by atoms with van der Waals surface area (Å²) < 4.78 is 4.89. The fourth-order valence-electron chi connectivity index (χ4n) is 1.50. The molecular weight excluding hydrogens is 361 g/mol. The molecule has 10 heteroatoms. The summed E-state index contributed by atoms with van der Waals surface area (Å²) in [5.74, 6) is -0.313. The van der Waals surface area contributed by atoms with Crippen LogP contribution < -0.4 is 20.9 Å². The molecule has 7 nitrogen and oxygen atoms in total. The Balaban J connectivity index is 1.95. The summed E-state index contributed by atoms with van der Waals surface area (Å²) in [6, 6.07) is 5.02. The molecular formula is C13H11Cl2N5O2S. The van der Waals surface area contributed by atoms with Crippen LogP contribution in [0.3, 0.4) is 0 Å². The number of nitrogens with one attached hydrogen (secondary N) is 3. The van der Waals surface area contributed by atoms with Gasteiger partial charge in [0.15, 0.2) is 10.8 Å². The molecule has 1 amide bonds. The second kappa shape index (κ2) is 7.91. The Kier molecular flexibility index (Phi) is 5.91. The lowest BCUT2D eigenvalue weighted by Crippen LogP contribution is -2.44. The first-order chi connectivity index (χ1) is 11.0. The smallest absolute Gasteiger partial charge is 0.290 e. The number of carbonyl (C=O) groups is 1. The van der Waals surface area contributed by atoms with E-state index in [9.17, 15) is 4.79 Å². The zero-order valence-corrected chi connectivity index (χ0v) is 14.1. The van der Waals surface area contributed by atoms with Gasteiger partial charge in [-0.1, -0.05) is 29.3 Å². The highest BCUT2D eigenvalue weighted by Gasteiger charge is 2.11. The topological polar surface area (TPSA) is 88.2 Å². The Labute approximate surface area is 147 Å². The van der Waals surface area contributed by atoms with E-state index in [2.05, 4.69) is 26.1 Å². The molecule has 0 aliphatic heterocycles. The van der Waals surface area contributed by atoms with Crippen molar-refractivity contribution in [1.82, 2.24) is 20.8 Å². The van der Waals surface area contributed by atoms with Gasteiger partial charge in [0.05, 0.1) is 35.2 Å². The minimum absolute atomic E-state index is 0.0652. The highest BCUT2D eigenvalue weighted by molar-refractivity contribution is 7.80. The van der Waals surface area contributed by atoms with Crippen LogP contribution in [0.1, 0.15) is 10.5 Å². The van der Waals surface area contributed by atoms with Crippen LogP contribution in [0, 0.1) is 0 Å². The molecule has 2 aromatic rings. The van der Waals surface area contributed by atoms with Crippen molar-refractivity contribution in [2.45, 2.75) is 0 Å². The van der Waals surface area contributed by atoms with Gasteiger partial charge >= 0.3 is 0 Å². The summed E-state index contributed by atoms with van der Waals surface area (Å²) >= 11 is 17.1. The molecule has 0 unspecified atom stereocenters. The summed E-state index contributed by atoms with van der Waals surface area (Å²) in [4.78, 5) is 19.7. The lowest BCUT2D eigenvalue weighted by Gasteiger charge is -2.13. The fourth-order valence-corrected chi connectivity index (χ4v) is 2.14. The minimum atomic E-state index is -0.536. The van der Waals surface area contributed by atoms with Gasteiger partial charge in [0.2, 0.25) is 5.88 Å². The molecule has 0 saturated carbocycles. The molecule has 0 saturated heterocycles. The number of methoxy groups -OCH3 is 1. The third kappa shape index (κ3) is 4.65. The van der Waals surface area contributed by atoms with Crippen LogP contribution in [-0.2, 0) is 0 Å². The number of carbonyl (C=O) groups excluding carboxylic acids is 1. The van der Waals surface area contributed by atoms with Crippen molar-refractivity contribution in [3.05, 3.63) is 46.3 Å². The van der Waals surface area contributed by atoms with E-state index in [4.69, 9.17) is 40.2 Å². The van der Waals surface area contributed by atoms with E-state index in [1.807, 2.05) is 0 Å². The Morgan fingerprint density at radius 3 is 2.57 bits per heavy atom. The van der Waals surface area contributed by atoms with Gasteiger partial charge < -0.3 is 10.1 Å². The second-order valence-corrected chi connectivity index (χ2v) is 5.30. The number of benzene rings is 1. The molecule has 0 radical (unpaired) electrons. The number of ether oxygens (including phenoxy) is 1. The van der Waals surface area contributed by atoms with E-state index in [0.717, 1.165) is 0 Å². The van der Waals surface area contributed by atoms with E-state index in [-0.39, 0.29) is 16.7 Å². The number of thiocarbonyl (C=S) groups is 1. The van der Waals surface area contributed by atoms with E-state index in [0.29, 0.717) is 15.7 Å². The van der Waals surface area contributed by atoms with Gasteiger partial charge in [-0.25, -0.2) is 4.98 Å². The van der Waals surface area contributed by atoms with Gasteiger partial charge in [0.25, 0.3) is 5.91 Å². The van der Waals surface area contributed by atoms with Crippen molar-refractivity contribution in [2.75, 3.05) is 12.4 Å². The number of hydrazine groups is 1. The molecule has 0 fully saturated rings. The Morgan fingerprint density at radius 1 is 1.22 bits per heavy atom. The first kappa shape index (κ1) is 17.2. The third-order valence-electron chi connectivity index (χ3n) is 2.55. The second-order valence-electron chi connectivity index (χ2n) is 4.08. The number of anilines is 1. The molecule has 120 valence electrons. The number of para-hydroxylation sites is 1. The van der Waals surface area contributed by atoms with Crippen molar-refractivity contribution in [1.29, 1.82) is 0 Å². The number of amides is 1. The number of rotatable bonds is 3. The number of aromatic nitrogens is 2. The number of nitrogens with zero attached hydrogens (tertiary/aromatic N) is 2. The summed E-state index contributed by atoms with van der Waals surface area (Å²) in [6.45, 7) is 0. The summed E-state index contributed by atoms with van der Waals surface area (Å²) in [5, 5.41) is 3.68. The zero-order chi connectivity index (χ0) is 16.8. The van der Waals surface area contributed by atoms with Gasteiger partial charge in [0, 0.05) is 0 Å². The van der Waals surface area contributed by atoms with E-state index in [1.54, 1.807) is 18.2 Å². The molecule has 23 heavy (non-hydrogen) atoms. The van der Waals surface area contributed by atoms with Crippen LogP contribution in [-0.4, -0.2) is 28.1 Å². The average Bonchev–Trinajstić information content (AvgIpc) is 2.56. The molecule has 0 aliphatic carbocycles. The predicted octanol–water partition coefficient (Wildman–Crippen LogP) is 2.42. The quantitative estimate of drug-likeness (QED) is 0.563. The highest BCUT2D eigenvalue weighted by Crippen LogP contribution is 2.29. The van der Waals surface area contributed by atoms with E-state index < -0.39 is 5.91 Å². The van der Waals surface area contributed by atoms with Crippen molar-refractivity contribution in [2.24, 2.45) is 0 Å². The van der Waals surface area contributed by atoms with Crippen LogP contribution in [0.4, 0.5) is 5.69 Å². The van der Waals surface area contributed by atoms with Gasteiger partial charge in [-0.05, 0) is 24.4 Å². The Bertz CT molecular complexity index is 724. The van der Waals surface area contributed by atoms with Crippen molar-refractivity contribution < 1.29 is 9.53 Å². The Hall–Kier alpha value is -2.16. The number of halogens is 2. The molecule has 0 atom stereocenters. The number of hydrogen-bond donors (Lipinski definition) is 3. The van der Waals surface area contributed by atoms with Gasteiger partial charge in [-0.3, -0.25) is 20.6 Å². The summed E-state index contributed by atoms with van der Waals surface area (Å²) in [7, 11) is 1.43. The molecule has 2 rings (SSSR count). The molecule has 1 aromatic carbocycles. The molecule has 1 heterocycles. The van der Waals surface area contributed by atoms with E-state index in [1.165, 1.54) is 19.5 Å². The maximum absolute atomic E-state index is 11.9. The zero-order valence-electron chi connectivity index (χ0n) is 11.8. The van der Waals surface area contributed by atoms with Crippen LogP contribution in [0.25, 0.3) is 0 Å². The average molecular weight is 372 g/mol.